The SMILES string of the molecule is CCOC(=O)C#Cc1ccc(Br)cc1. The number of carbonyl (C=O) groups excluding carboxylic acids is 1. The molecule has 0 aromatic heterocycles. The van der Waals surface area contributed by atoms with Crippen LogP contribution in [0.5, 0.6) is 0 Å². The Balaban J connectivity index is 2.68. The van der Waals surface area contributed by atoms with Gasteiger partial charge in [0.15, 0.2) is 0 Å². The van der Waals surface area contributed by atoms with Gasteiger partial charge in [-0.2, -0.15) is 0 Å². The standard InChI is InChI=1S/C11H9BrO2/c1-2-14-11(13)8-5-9-3-6-10(12)7-4-9/h3-4,6-7H,2H2,1H3. The van der Waals surface area contributed by atoms with Crippen molar-refractivity contribution in [3.8, 4) is 11.8 Å². The van der Waals surface area contributed by atoms with Gasteiger partial charge in [0, 0.05) is 16.0 Å². The summed E-state index contributed by atoms with van der Waals surface area (Å²) in [7, 11) is 0. The molecule has 2 nitrogen and oxygen atoms in total. The fraction of sp³-hybridized carbons (Fsp3) is 0.182. The molecule has 3 heteroatoms. The maximum atomic E-state index is 10.9. The lowest BCUT2D eigenvalue weighted by molar-refractivity contribution is -0.136. The molecule has 0 N–H and O–H groups in total. The average molecular weight is 253 g/mol. The number of esters is 1. The lowest BCUT2D eigenvalue weighted by Crippen LogP contribution is -1.99. The first-order valence-electron chi connectivity index (χ1n) is 4.16. The highest BCUT2D eigenvalue weighted by Gasteiger charge is 1.92. The molecule has 0 aliphatic rings. The van der Waals surface area contributed by atoms with Crippen molar-refractivity contribution in [3.05, 3.63) is 34.3 Å². The van der Waals surface area contributed by atoms with Crippen LogP contribution in [0.25, 0.3) is 0 Å². The number of halogens is 1. The first-order valence-corrected chi connectivity index (χ1v) is 4.96. The van der Waals surface area contributed by atoms with Crippen LogP contribution in [0, 0.1) is 11.8 Å². The summed E-state index contributed by atoms with van der Waals surface area (Å²) in [4.78, 5) is 10.9. The smallest absolute Gasteiger partial charge is 0.384 e. The van der Waals surface area contributed by atoms with Crippen LogP contribution in [-0.2, 0) is 9.53 Å². The molecule has 0 aliphatic carbocycles. The number of benzene rings is 1. The summed E-state index contributed by atoms with van der Waals surface area (Å²) in [6.07, 6.45) is 0. The molecule has 0 spiro atoms. The third kappa shape index (κ3) is 3.63. The molecule has 1 aromatic carbocycles. The van der Waals surface area contributed by atoms with Crippen LogP contribution >= 0.6 is 15.9 Å². The third-order valence-electron chi connectivity index (χ3n) is 1.43. The maximum Gasteiger partial charge on any atom is 0.384 e. The second kappa shape index (κ2) is 5.46. The van der Waals surface area contributed by atoms with Gasteiger partial charge in [0.1, 0.15) is 0 Å². The lowest BCUT2D eigenvalue weighted by Gasteiger charge is -1.92. The Morgan fingerprint density at radius 3 is 2.64 bits per heavy atom. The monoisotopic (exact) mass is 252 g/mol. The molecule has 0 saturated carbocycles. The zero-order chi connectivity index (χ0) is 10.4. The van der Waals surface area contributed by atoms with Crippen LogP contribution < -0.4 is 0 Å². The van der Waals surface area contributed by atoms with Gasteiger partial charge >= 0.3 is 5.97 Å². The molecule has 72 valence electrons. The minimum Gasteiger partial charge on any atom is -0.456 e. The first-order chi connectivity index (χ1) is 6.72. The van der Waals surface area contributed by atoms with E-state index in [1.165, 1.54) is 0 Å². The van der Waals surface area contributed by atoms with Crippen molar-refractivity contribution >= 4 is 21.9 Å². The summed E-state index contributed by atoms with van der Waals surface area (Å²) in [5.41, 5.74) is 0.793. The number of carbonyl (C=O) groups is 1. The van der Waals surface area contributed by atoms with Gasteiger partial charge in [0.25, 0.3) is 0 Å². The van der Waals surface area contributed by atoms with E-state index >= 15 is 0 Å². The van der Waals surface area contributed by atoms with Crippen LogP contribution in [0.1, 0.15) is 12.5 Å². The van der Waals surface area contributed by atoms with Gasteiger partial charge in [-0.05, 0) is 31.2 Å². The van der Waals surface area contributed by atoms with Gasteiger partial charge < -0.3 is 4.74 Å². The Labute approximate surface area is 91.4 Å². The van der Waals surface area contributed by atoms with Crippen molar-refractivity contribution in [3.63, 3.8) is 0 Å². The summed E-state index contributed by atoms with van der Waals surface area (Å²) in [6, 6.07) is 7.40. The van der Waals surface area contributed by atoms with Crippen LogP contribution in [0.15, 0.2) is 28.7 Å². The molecular weight excluding hydrogens is 244 g/mol. The summed E-state index contributed by atoms with van der Waals surface area (Å²) >= 11 is 3.31. The van der Waals surface area contributed by atoms with Crippen molar-refractivity contribution in [2.75, 3.05) is 6.61 Å². The largest absolute Gasteiger partial charge is 0.456 e. The Kier molecular flexibility index (Phi) is 4.21. The second-order valence-corrected chi connectivity index (χ2v) is 3.39. The normalized spacial score (nSPS) is 8.71. The van der Waals surface area contributed by atoms with Crippen molar-refractivity contribution in [1.29, 1.82) is 0 Å². The molecular formula is C11H9BrO2. The van der Waals surface area contributed by atoms with E-state index in [0.29, 0.717) is 6.61 Å². The fourth-order valence-corrected chi connectivity index (χ4v) is 1.09. The molecule has 0 radical (unpaired) electrons. The molecule has 0 atom stereocenters. The summed E-state index contributed by atoms with van der Waals surface area (Å²) in [5, 5.41) is 0. The van der Waals surface area contributed by atoms with Crippen LogP contribution in [-0.4, -0.2) is 12.6 Å². The van der Waals surface area contributed by atoms with E-state index in [2.05, 4.69) is 32.5 Å². The highest BCUT2D eigenvalue weighted by Crippen LogP contribution is 2.09. The molecule has 1 aromatic rings. The van der Waals surface area contributed by atoms with Crippen molar-refractivity contribution in [2.24, 2.45) is 0 Å². The molecule has 0 amide bonds. The zero-order valence-electron chi connectivity index (χ0n) is 7.71. The van der Waals surface area contributed by atoms with Crippen LogP contribution in [0.2, 0.25) is 0 Å². The molecule has 0 unspecified atom stereocenters. The number of ether oxygens (including phenoxy) is 1. The van der Waals surface area contributed by atoms with E-state index in [-0.39, 0.29) is 0 Å². The highest BCUT2D eigenvalue weighted by molar-refractivity contribution is 9.10. The Morgan fingerprint density at radius 2 is 2.07 bits per heavy atom. The highest BCUT2D eigenvalue weighted by atomic mass is 79.9. The molecule has 0 aliphatic heterocycles. The second-order valence-electron chi connectivity index (χ2n) is 2.48. The van der Waals surface area contributed by atoms with Gasteiger partial charge in [-0.3, -0.25) is 0 Å². The summed E-state index contributed by atoms with van der Waals surface area (Å²) in [6.45, 7) is 2.10. The van der Waals surface area contributed by atoms with E-state index in [1.54, 1.807) is 6.92 Å². The van der Waals surface area contributed by atoms with Crippen LogP contribution in [0.3, 0.4) is 0 Å². The zero-order valence-corrected chi connectivity index (χ0v) is 9.30. The predicted molar refractivity (Wildman–Crippen MR) is 57.7 cm³/mol. The molecule has 1 rings (SSSR count). The van der Waals surface area contributed by atoms with Gasteiger partial charge in [0.05, 0.1) is 6.61 Å². The predicted octanol–water partition coefficient (Wildman–Crippen LogP) is 2.36. The van der Waals surface area contributed by atoms with Gasteiger partial charge in [-0.25, -0.2) is 4.79 Å². The fourth-order valence-electron chi connectivity index (χ4n) is 0.824. The molecule has 14 heavy (non-hydrogen) atoms. The van der Waals surface area contributed by atoms with Crippen LogP contribution in [0.4, 0.5) is 0 Å². The van der Waals surface area contributed by atoms with Gasteiger partial charge in [-0.15, -0.1) is 0 Å². The van der Waals surface area contributed by atoms with Crippen molar-refractivity contribution in [2.45, 2.75) is 6.92 Å². The quantitative estimate of drug-likeness (QED) is 0.567. The number of rotatable bonds is 1. The minimum absolute atomic E-state index is 0.355. The molecule has 0 bridgehead atoms. The molecule has 0 saturated heterocycles. The topological polar surface area (TPSA) is 26.3 Å². The Morgan fingerprint density at radius 1 is 1.43 bits per heavy atom. The van der Waals surface area contributed by atoms with E-state index < -0.39 is 5.97 Å². The van der Waals surface area contributed by atoms with E-state index in [1.807, 2.05) is 24.3 Å². The molecule has 0 fully saturated rings. The van der Waals surface area contributed by atoms with Gasteiger partial charge in [-0.1, -0.05) is 21.9 Å². The summed E-state index contributed by atoms with van der Waals surface area (Å²) in [5.74, 6) is 4.61. The first kappa shape index (κ1) is 10.8. The maximum absolute atomic E-state index is 10.9. The van der Waals surface area contributed by atoms with Gasteiger partial charge in [0.2, 0.25) is 0 Å². The summed E-state index contributed by atoms with van der Waals surface area (Å²) < 4.78 is 5.65. The van der Waals surface area contributed by atoms with Crippen molar-refractivity contribution < 1.29 is 9.53 Å². The van der Waals surface area contributed by atoms with E-state index in [4.69, 9.17) is 0 Å². The lowest BCUT2D eigenvalue weighted by atomic mass is 10.2. The molecule has 0 heterocycles. The van der Waals surface area contributed by atoms with E-state index in [0.717, 1.165) is 10.0 Å². The van der Waals surface area contributed by atoms with Crippen molar-refractivity contribution in [1.82, 2.24) is 0 Å². The third-order valence-corrected chi connectivity index (χ3v) is 1.96. The van der Waals surface area contributed by atoms with E-state index in [9.17, 15) is 4.79 Å². The Bertz CT molecular complexity index is 371. The number of hydrogen-bond acceptors (Lipinski definition) is 2. The minimum atomic E-state index is -0.490. The number of hydrogen-bond donors (Lipinski definition) is 0. The Hall–Kier alpha value is -1.27. The average Bonchev–Trinajstić information content (AvgIpc) is 2.17.